The molecule has 3 rings (SSSR count). The van der Waals surface area contributed by atoms with Crippen LogP contribution in [0.3, 0.4) is 0 Å². The minimum absolute atomic E-state index is 0.107. The number of carbonyl (C=O) groups is 1. The Labute approximate surface area is 146 Å². The SMILES string of the molecule is CC(C)(C)c1ccc(/C=C2\SC(=N)N(c3ccccc3)C2=O)cc1. The summed E-state index contributed by atoms with van der Waals surface area (Å²) in [6.45, 7) is 6.53. The Morgan fingerprint density at radius 2 is 1.62 bits per heavy atom. The van der Waals surface area contributed by atoms with Crippen molar-refractivity contribution in [3.8, 4) is 0 Å². The van der Waals surface area contributed by atoms with Crippen molar-refractivity contribution in [3.63, 3.8) is 0 Å². The average Bonchev–Trinajstić information content (AvgIpc) is 2.82. The second kappa shape index (κ2) is 6.29. The highest BCUT2D eigenvalue weighted by molar-refractivity contribution is 8.19. The van der Waals surface area contributed by atoms with Gasteiger partial charge in [0.15, 0.2) is 5.17 Å². The molecule has 122 valence electrons. The lowest BCUT2D eigenvalue weighted by Gasteiger charge is -2.18. The number of amides is 1. The van der Waals surface area contributed by atoms with Gasteiger partial charge in [0.2, 0.25) is 0 Å². The number of rotatable bonds is 2. The van der Waals surface area contributed by atoms with Gasteiger partial charge in [-0.25, -0.2) is 0 Å². The zero-order valence-corrected chi connectivity index (χ0v) is 14.9. The molecule has 0 aliphatic carbocycles. The van der Waals surface area contributed by atoms with Crippen molar-refractivity contribution in [2.45, 2.75) is 26.2 Å². The van der Waals surface area contributed by atoms with E-state index in [4.69, 9.17) is 5.41 Å². The van der Waals surface area contributed by atoms with Crippen molar-refractivity contribution >= 4 is 34.6 Å². The molecule has 3 nitrogen and oxygen atoms in total. The van der Waals surface area contributed by atoms with E-state index in [-0.39, 0.29) is 16.5 Å². The van der Waals surface area contributed by atoms with Crippen LogP contribution in [0.2, 0.25) is 0 Å². The Hall–Kier alpha value is -2.33. The van der Waals surface area contributed by atoms with Gasteiger partial charge in [-0.1, -0.05) is 63.2 Å². The molecule has 2 aromatic rings. The maximum atomic E-state index is 12.6. The summed E-state index contributed by atoms with van der Waals surface area (Å²) in [4.78, 5) is 14.7. The number of hydrogen-bond acceptors (Lipinski definition) is 3. The number of anilines is 1. The van der Waals surface area contributed by atoms with Crippen LogP contribution in [0.15, 0.2) is 59.5 Å². The van der Waals surface area contributed by atoms with Crippen molar-refractivity contribution in [2.75, 3.05) is 4.90 Å². The van der Waals surface area contributed by atoms with Crippen LogP contribution in [0.1, 0.15) is 31.9 Å². The van der Waals surface area contributed by atoms with Gasteiger partial charge in [0.25, 0.3) is 5.91 Å². The molecule has 1 aliphatic rings. The summed E-state index contributed by atoms with van der Waals surface area (Å²) in [5.74, 6) is -0.143. The third-order valence-corrected chi connectivity index (χ3v) is 4.80. The van der Waals surface area contributed by atoms with Crippen LogP contribution >= 0.6 is 11.8 Å². The Morgan fingerprint density at radius 1 is 1.00 bits per heavy atom. The Bertz CT molecular complexity index is 802. The van der Waals surface area contributed by atoms with Crippen LogP contribution in [0, 0.1) is 5.41 Å². The van der Waals surface area contributed by atoms with Gasteiger partial charge in [0.05, 0.1) is 10.6 Å². The van der Waals surface area contributed by atoms with Crippen LogP contribution in [-0.4, -0.2) is 11.1 Å². The van der Waals surface area contributed by atoms with E-state index in [9.17, 15) is 4.79 Å². The number of para-hydroxylation sites is 1. The minimum Gasteiger partial charge on any atom is -0.278 e. The summed E-state index contributed by atoms with van der Waals surface area (Å²) in [6, 6.07) is 17.6. The molecule has 0 unspecified atom stereocenters. The van der Waals surface area contributed by atoms with E-state index in [1.54, 1.807) is 0 Å². The van der Waals surface area contributed by atoms with Crippen LogP contribution in [0.25, 0.3) is 6.08 Å². The average molecular weight is 336 g/mol. The summed E-state index contributed by atoms with van der Waals surface area (Å²) in [5, 5.41) is 8.35. The predicted molar refractivity (Wildman–Crippen MR) is 102 cm³/mol. The molecule has 1 aliphatic heterocycles. The van der Waals surface area contributed by atoms with Gasteiger partial charge < -0.3 is 0 Å². The maximum absolute atomic E-state index is 12.6. The standard InChI is InChI=1S/C20H20N2OS/c1-20(2,3)15-11-9-14(10-12-15)13-17-18(23)22(19(21)24-17)16-7-5-4-6-8-16/h4-13,21H,1-3H3/b17-13-,21-19?. The van der Waals surface area contributed by atoms with E-state index in [0.29, 0.717) is 4.91 Å². The molecule has 0 aromatic heterocycles. The van der Waals surface area contributed by atoms with Crippen molar-refractivity contribution in [1.82, 2.24) is 0 Å². The van der Waals surface area contributed by atoms with E-state index < -0.39 is 0 Å². The lowest BCUT2D eigenvalue weighted by Crippen LogP contribution is -2.27. The van der Waals surface area contributed by atoms with Gasteiger partial charge in [0.1, 0.15) is 0 Å². The van der Waals surface area contributed by atoms with Gasteiger partial charge in [-0.05, 0) is 46.5 Å². The summed E-state index contributed by atoms with van der Waals surface area (Å²) in [5.41, 5.74) is 3.07. The zero-order valence-electron chi connectivity index (χ0n) is 14.0. The molecule has 24 heavy (non-hydrogen) atoms. The summed E-state index contributed by atoms with van der Waals surface area (Å²) < 4.78 is 0. The van der Waals surface area contributed by atoms with Crippen LogP contribution in [0.5, 0.6) is 0 Å². The smallest absolute Gasteiger partial charge is 0.271 e. The highest BCUT2D eigenvalue weighted by atomic mass is 32.2. The molecule has 0 bridgehead atoms. The first-order valence-corrected chi connectivity index (χ1v) is 8.66. The molecule has 0 radical (unpaired) electrons. The second-order valence-electron chi connectivity index (χ2n) is 6.76. The van der Waals surface area contributed by atoms with Gasteiger partial charge >= 0.3 is 0 Å². The quantitative estimate of drug-likeness (QED) is 0.781. The maximum Gasteiger partial charge on any atom is 0.271 e. The normalized spacial score (nSPS) is 17.0. The number of benzene rings is 2. The number of hydrogen-bond donors (Lipinski definition) is 1. The van der Waals surface area contributed by atoms with Crippen LogP contribution in [-0.2, 0) is 10.2 Å². The number of thioether (sulfide) groups is 1. The molecule has 4 heteroatoms. The second-order valence-corrected chi connectivity index (χ2v) is 7.79. The van der Waals surface area contributed by atoms with E-state index in [1.165, 1.54) is 22.2 Å². The summed E-state index contributed by atoms with van der Waals surface area (Å²) in [6.07, 6.45) is 1.86. The largest absolute Gasteiger partial charge is 0.278 e. The highest BCUT2D eigenvalue weighted by Crippen LogP contribution is 2.35. The van der Waals surface area contributed by atoms with Crippen molar-refractivity contribution < 1.29 is 4.79 Å². The number of nitrogens with zero attached hydrogens (tertiary/aromatic N) is 1. The molecule has 1 heterocycles. The van der Waals surface area contributed by atoms with Gasteiger partial charge in [0, 0.05) is 0 Å². The summed E-state index contributed by atoms with van der Waals surface area (Å²) in [7, 11) is 0. The topological polar surface area (TPSA) is 44.2 Å². The number of amidine groups is 1. The molecule has 2 aromatic carbocycles. The van der Waals surface area contributed by atoms with Crippen molar-refractivity contribution in [1.29, 1.82) is 5.41 Å². The van der Waals surface area contributed by atoms with Crippen molar-refractivity contribution in [2.24, 2.45) is 0 Å². The molecule has 1 saturated heterocycles. The Morgan fingerprint density at radius 3 is 2.21 bits per heavy atom. The lowest BCUT2D eigenvalue weighted by atomic mass is 9.87. The first-order valence-electron chi connectivity index (χ1n) is 7.84. The van der Waals surface area contributed by atoms with E-state index >= 15 is 0 Å². The fourth-order valence-corrected chi connectivity index (χ4v) is 3.39. The Kier molecular flexibility index (Phi) is 4.33. The summed E-state index contributed by atoms with van der Waals surface area (Å²) >= 11 is 1.20. The molecule has 1 fully saturated rings. The first kappa shape index (κ1) is 16.5. The molecule has 0 spiro atoms. The fraction of sp³-hybridized carbons (Fsp3) is 0.200. The zero-order chi connectivity index (χ0) is 17.3. The molecule has 1 amide bonds. The lowest BCUT2D eigenvalue weighted by molar-refractivity contribution is -0.113. The van der Waals surface area contributed by atoms with Gasteiger partial charge in [-0.3, -0.25) is 15.1 Å². The number of nitrogens with one attached hydrogen (secondary N) is 1. The van der Waals surface area contributed by atoms with E-state index in [1.807, 2.05) is 48.5 Å². The molecule has 0 atom stereocenters. The first-order chi connectivity index (χ1) is 11.4. The Balaban J connectivity index is 1.87. The molecule has 1 N–H and O–H groups in total. The van der Waals surface area contributed by atoms with Crippen LogP contribution in [0.4, 0.5) is 5.69 Å². The van der Waals surface area contributed by atoms with Crippen LogP contribution < -0.4 is 4.90 Å². The monoisotopic (exact) mass is 336 g/mol. The minimum atomic E-state index is -0.143. The molecule has 0 saturated carbocycles. The predicted octanol–water partition coefficient (Wildman–Crippen LogP) is 5.04. The molecular weight excluding hydrogens is 316 g/mol. The third-order valence-electron chi connectivity index (χ3n) is 3.91. The van der Waals surface area contributed by atoms with Gasteiger partial charge in [-0.2, -0.15) is 0 Å². The van der Waals surface area contributed by atoms with E-state index in [2.05, 4.69) is 32.9 Å². The highest BCUT2D eigenvalue weighted by Gasteiger charge is 2.33. The van der Waals surface area contributed by atoms with E-state index in [0.717, 1.165) is 11.3 Å². The third kappa shape index (κ3) is 3.29. The van der Waals surface area contributed by atoms with Gasteiger partial charge in [-0.15, -0.1) is 0 Å². The van der Waals surface area contributed by atoms with Crippen molar-refractivity contribution in [3.05, 3.63) is 70.6 Å². The number of carbonyl (C=O) groups excluding carboxylic acids is 1. The molecular formula is C20H20N2OS. The fourth-order valence-electron chi connectivity index (χ4n) is 2.53.